The van der Waals surface area contributed by atoms with Crippen LogP contribution < -0.4 is 10.6 Å². The highest BCUT2D eigenvalue weighted by Crippen LogP contribution is 2.66. The third-order valence-electron chi connectivity index (χ3n) is 9.83. The maximum atomic E-state index is 8.25. The molecule has 0 heterocycles. The van der Waals surface area contributed by atoms with Crippen molar-refractivity contribution >= 4 is 5.71 Å². The first-order chi connectivity index (χ1) is 18.5. The van der Waals surface area contributed by atoms with Crippen LogP contribution in [0.3, 0.4) is 0 Å². The number of fused-ring (bicyclic) bond motifs is 5. The third-order valence-corrected chi connectivity index (χ3v) is 9.83. The minimum absolute atomic E-state index is 0.234. The van der Waals surface area contributed by atoms with Crippen molar-refractivity contribution in [2.45, 2.75) is 139 Å². The van der Waals surface area contributed by atoms with E-state index in [0.29, 0.717) is 35.4 Å². The SMILES string of the molecule is CC.CC(=N)C1CCC2C3CCC4=CCCCC4(C)C3CCC12C.CC(C)NCCO.CCNC(C)C.CO. The predicted molar refractivity (Wildman–Crippen MR) is 172 cm³/mol. The molecule has 3 fully saturated rings. The number of aliphatic hydroxyl groups is 2. The van der Waals surface area contributed by atoms with Crippen LogP contribution >= 0.6 is 0 Å². The topological polar surface area (TPSA) is 88.4 Å². The van der Waals surface area contributed by atoms with E-state index in [0.717, 1.165) is 37.1 Å². The third kappa shape index (κ3) is 10.5. The van der Waals surface area contributed by atoms with Gasteiger partial charge in [-0.2, -0.15) is 0 Å². The van der Waals surface area contributed by atoms with Crippen molar-refractivity contribution in [2.24, 2.45) is 34.5 Å². The number of rotatable bonds is 6. The largest absolute Gasteiger partial charge is 0.400 e. The summed E-state index contributed by atoms with van der Waals surface area (Å²) in [4.78, 5) is 0. The van der Waals surface area contributed by atoms with Crippen LogP contribution in [0.15, 0.2) is 11.6 Å². The summed E-state index contributed by atoms with van der Waals surface area (Å²) >= 11 is 0. The van der Waals surface area contributed by atoms with Gasteiger partial charge in [-0.25, -0.2) is 0 Å². The summed E-state index contributed by atoms with van der Waals surface area (Å²) in [6.07, 6.45) is 15.1. The minimum atomic E-state index is 0.234. The Bertz CT molecular complexity index is 692. The number of allylic oxidation sites excluding steroid dienone is 2. The summed E-state index contributed by atoms with van der Waals surface area (Å²) in [6, 6.07) is 1.14. The van der Waals surface area contributed by atoms with Crippen molar-refractivity contribution in [1.82, 2.24) is 10.6 Å². The lowest BCUT2D eigenvalue weighted by molar-refractivity contribution is -0.0431. The van der Waals surface area contributed by atoms with Crippen LogP contribution in [0.1, 0.15) is 127 Å². The van der Waals surface area contributed by atoms with E-state index in [1.54, 1.807) is 0 Å². The first-order valence-corrected chi connectivity index (χ1v) is 16.3. The molecule has 232 valence electrons. The standard InChI is InChI=1S/C21H33N.C5H13NO.C5H13N.C2H6.CH4O/c1-14(22)17-9-10-18-16-8-7-15-6-4-5-12-20(15,2)19(16)11-13-21(17,18)3;1-5(2)6-3-4-7;1-4-6-5(2)3;2*1-2/h6,16-19,22H,4-5,7-13H2,1-3H3;5-7H,3-4H2,1-2H3;5-6H,4H2,1-3H3;1-2H3;2H,1H3. The second-order valence-corrected chi connectivity index (χ2v) is 12.9. The maximum absolute atomic E-state index is 8.25. The molecule has 4 aliphatic carbocycles. The Morgan fingerprint density at radius 3 is 2.05 bits per heavy atom. The van der Waals surface area contributed by atoms with Gasteiger partial charge in [0.15, 0.2) is 0 Å². The number of hydrogen-bond donors (Lipinski definition) is 5. The molecule has 3 saturated carbocycles. The Labute approximate surface area is 243 Å². The summed E-state index contributed by atoms with van der Waals surface area (Å²) in [5.41, 5.74) is 3.75. The number of hydrogen-bond acceptors (Lipinski definition) is 5. The molecule has 4 rings (SSSR count). The van der Waals surface area contributed by atoms with E-state index in [1.165, 1.54) is 57.8 Å². The van der Waals surface area contributed by atoms with Gasteiger partial charge in [0, 0.05) is 37.4 Å². The molecule has 6 unspecified atom stereocenters. The molecular weight excluding hydrogens is 482 g/mol. The zero-order chi connectivity index (χ0) is 30.2. The first kappa shape index (κ1) is 38.2. The van der Waals surface area contributed by atoms with E-state index >= 15 is 0 Å². The van der Waals surface area contributed by atoms with Gasteiger partial charge in [-0.3, -0.25) is 0 Å². The second-order valence-electron chi connectivity index (χ2n) is 12.9. The average molecular weight is 552 g/mol. The fourth-order valence-electron chi connectivity index (χ4n) is 8.23. The Morgan fingerprint density at radius 1 is 0.974 bits per heavy atom. The van der Waals surface area contributed by atoms with Gasteiger partial charge in [0.25, 0.3) is 0 Å². The molecule has 0 aliphatic heterocycles. The summed E-state index contributed by atoms with van der Waals surface area (Å²) < 4.78 is 0. The van der Waals surface area contributed by atoms with Gasteiger partial charge in [0.2, 0.25) is 0 Å². The second kappa shape index (κ2) is 19.4. The summed E-state index contributed by atoms with van der Waals surface area (Å²) in [7, 11) is 1.00. The highest BCUT2D eigenvalue weighted by Gasteiger charge is 2.58. The fourth-order valence-corrected chi connectivity index (χ4v) is 8.23. The maximum Gasteiger partial charge on any atom is 0.0556 e. The zero-order valence-corrected chi connectivity index (χ0v) is 27.9. The molecule has 6 atom stereocenters. The van der Waals surface area contributed by atoms with E-state index in [9.17, 15) is 0 Å². The van der Waals surface area contributed by atoms with Gasteiger partial charge in [0.05, 0.1) is 6.61 Å². The number of nitrogens with one attached hydrogen (secondary N) is 3. The van der Waals surface area contributed by atoms with Gasteiger partial charge in [-0.15, -0.1) is 0 Å². The van der Waals surface area contributed by atoms with Crippen LogP contribution in [0.4, 0.5) is 0 Å². The Kier molecular flexibility index (Phi) is 19.0. The van der Waals surface area contributed by atoms with Crippen LogP contribution in [0.25, 0.3) is 0 Å². The molecule has 4 aliphatic rings. The van der Waals surface area contributed by atoms with Crippen molar-refractivity contribution < 1.29 is 10.2 Å². The smallest absolute Gasteiger partial charge is 0.0556 e. The van der Waals surface area contributed by atoms with Crippen LogP contribution in [0.5, 0.6) is 0 Å². The average Bonchev–Trinajstić information content (AvgIpc) is 3.27. The molecule has 5 N–H and O–H groups in total. The van der Waals surface area contributed by atoms with Crippen LogP contribution in [-0.2, 0) is 0 Å². The van der Waals surface area contributed by atoms with E-state index in [2.05, 4.69) is 72.1 Å². The Balaban J connectivity index is 0.000000708. The molecule has 0 aromatic carbocycles. The predicted octanol–water partition coefficient (Wildman–Crippen LogP) is 7.61. The lowest BCUT2D eigenvalue weighted by Crippen LogP contribution is -2.50. The van der Waals surface area contributed by atoms with E-state index in [4.69, 9.17) is 15.6 Å². The van der Waals surface area contributed by atoms with Crippen LogP contribution in [0.2, 0.25) is 0 Å². The quantitative estimate of drug-likeness (QED) is 0.174. The molecule has 0 aromatic rings. The molecule has 0 amide bonds. The fraction of sp³-hybridized carbons (Fsp3) is 0.912. The van der Waals surface area contributed by atoms with Crippen molar-refractivity contribution in [3.05, 3.63) is 11.6 Å². The van der Waals surface area contributed by atoms with E-state index in [-0.39, 0.29) is 6.61 Å². The Morgan fingerprint density at radius 2 is 1.59 bits per heavy atom. The van der Waals surface area contributed by atoms with E-state index in [1.807, 2.05) is 19.4 Å². The van der Waals surface area contributed by atoms with Gasteiger partial charge in [0.1, 0.15) is 0 Å². The van der Waals surface area contributed by atoms with Crippen molar-refractivity contribution in [2.75, 3.05) is 26.8 Å². The van der Waals surface area contributed by atoms with Gasteiger partial charge in [-0.05, 0) is 99.8 Å². The van der Waals surface area contributed by atoms with Crippen LogP contribution in [0, 0.1) is 39.9 Å². The molecule has 0 aromatic heterocycles. The monoisotopic (exact) mass is 552 g/mol. The van der Waals surface area contributed by atoms with Crippen molar-refractivity contribution in [1.29, 1.82) is 5.41 Å². The molecule has 5 heteroatoms. The van der Waals surface area contributed by atoms with Crippen molar-refractivity contribution in [3.63, 3.8) is 0 Å². The van der Waals surface area contributed by atoms with Gasteiger partial charge >= 0.3 is 0 Å². The van der Waals surface area contributed by atoms with E-state index < -0.39 is 0 Å². The molecule has 5 nitrogen and oxygen atoms in total. The molecule has 39 heavy (non-hydrogen) atoms. The molecular formula is C34H69N3O2. The minimum Gasteiger partial charge on any atom is -0.400 e. The zero-order valence-electron chi connectivity index (χ0n) is 27.9. The summed E-state index contributed by atoms with van der Waals surface area (Å²) in [5.74, 6) is 3.37. The molecule has 0 radical (unpaired) electrons. The Hall–Kier alpha value is -0.750. The molecule has 0 spiro atoms. The summed E-state index contributed by atoms with van der Waals surface area (Å²) in [6.45, 7) is 23.7. The molecule has 0 saturated heterocycles. The summed E-state index contributed by atoms with van der Waals surface area (Å²) in [5, 5.41) is 29.8. The van der Waals surface area contributed by atoms with Gasteiger partial charge in [-0.1, -0.05) is 74.0 Å². The van der Waals surface area contributed by atoms with Gasteiger partial charge < -0.3 is 26.3 Å². The lowest BCUT2D eigenvalue weighted by Gasteiger charge is -2.58. The number of aliphatic hydroxyl groups excluding tert-OH is 2. The first-order valence-electron chi connectivity index (χ1n) is 16.3. The highest BCUT2D eigenvalue weighted by atomic mass is 16.3. The van der Waals surface area contributed by atoms with Crippen molar-refractivity contribution in [3.8, 4) is 0 Å². The molecule has 0 bridgehead atoms. The lowest BCUT2D eigenvalue weighted by atomic mass is 9.47. The van der Waals surface area contributed by atoms with Crippen LogP contribution in [-0.4, -0.2) is 54.8 Å². The normalized spacial score (nSPS) is 32.2. The highest BCUT2D eigenvalue weighted by molar-refractivity contribution is 5.82.